The van der Waals surface area contributed by atoms with Gasteiger partial charge in [0.2, 0.25) is 5.76 Å². The first kappa shape index (κ1) is 16.8. The molecule has 0 bridgehead atoms. The second-order valence-electron chi connectivity index (χ2n) is 5.84. The van der Waals surface area contributed by atoms with Crippen LogP contribution in [0.1, 0.15) is 22.5 Å². The normalized spacial score (nSPS) is 10.4. The van der Waals surface area contributed by atoms with Gasteiger partial charge in [0.1, 0.15) is 5.69 Å². The number of carbonyl (C=O) groups is 1. The summed E-state index contributed by atoms with van der Waals surface area (Å²) in [7, 11) is 0. The molecule has 0 aliphatic heterocycles. The molecule has 3 aromatic rings. The summed E-state index contributed by atoms with van der Waals surface area (Å²) >= 11 is 0. The number of aromatic nitrogens is 1. The van der Waals surface area contributed by atoms with Crippen molar-refractivity contribution in [1.29, 1.82) is 0 Å². The minimum absolute atomic E-state index is 0.228. The molecule has 25 heavy (non-hydrogen) atoms. The van der Waals surface area contributed by atoms with Crippen LogP contribution >= 0.6 is 0 Å². The number of rotatable bonds is 7. The summed E-state index contributed by atoms with van der Waals surface area (Å²) in [5.74, 6) is -0.0165. The number of carbonyl (C=O) groups excluding carboxylic acids is 1. The topological polar surface area (TPSA) is 67.2 Å². The van der Waals surface area contributed by atoms with E-state index in [1.54, 1.807) is 6.07 Å². The van der Waals surface area contributed by atoms with Gasteiger partial charge in [0.05, 0.1) is 0 Å². The Hall–Kier alpha value is -3.08. The predicted molar refractivity (Wildman–Crippen MR) is 98.6 cm³/mol. The molecule has 2 aromatic carbocycles. The lowest BCUT2D eigenvalue weighted by Crippen LogP contribution is -2.25. The van der Waals surface area contributed by atoms with Crippen LogP contribution in [0.3, 0.4) is 0 Å². The minimum Gasteiger partial charge on any atom is -0.385 e. The number of hydrogen-bond donors (Lipinski definition) is 2. The van der Waals surface area contributed by atoms with Crippen molar-refractivity contribution in [3.63, 3.8) is 0 Å². The zero-order chi connectivity index (χ0) is 17.5. The SMILES string of the molecule is Cc1ccc(-c2cc(C(=O)NCCCNc3ccccc3)on2)cc1. The molecule has 0 unspecified atom stereocenters. The third kappa shape index (κ3) is 4.70. The molecule has 5 nitrogen and oxygen atoms in total. The Balaban J connectivity index is 1.45. The van der Waals surface area contributed by atoms with Crippen LogP contribution in [0.2, 0.25) is 0 Å². The Kier molecular flexibility index (Phi) is 5.46. The molecular formula is C20H21N3O2. The number of anilines is 1. The van der Waals surface area contributed by atoms with E-state index in [1.807, 2.05) is 61.5 Å². The van der Waals surface area contributed by atoms with Crippen molar-refractivity contribution in [2.24, 2.45) is 0 Å². The molecule has 0 aliphatic rings. The molecule has 0 saturated heterocycles. The van der Waals surface area contributed by atoms with E-state index >= 15 is 0 Å². The van der Waals surface area contributed by atoms with Gasteiger partial charge in [0, 0.05) is 30.4 Å². The number of amides is 1. The molecule has 0 atom stereocenters. The van der Waals surface area contributed by atoms with Crippen molar-refractivity contribution < 1.29 is 9.32 Å². The standard InChI is InChI=1S/C20H21N3O2/c1-15-8-10-16(11-9-15)18-14-19(25-23-18)20(24)22-13-5-12-21-17-6-3-2-4-7-17/h2-4,6-11,14,21H,5,12-13H2,1H3,(H,22,24). The fraction of sp³-hybridized carbons (Fsp3) is 0.200. The molecule has 5 heteroatoms. The molecule has 1 heterocycles. The fourth-order valence-electron chi connectivity index (χ4n) is 2.41. The highest BCUT2D eigenvalue weighted by Crippen LogP contribution is 2.19. The Labute approximate surface area is 147 Å². The van der Waals surface area contributed by atoms with Crippen LogP contribution in [0.4, 0.5) is 5.69 Å². The third-order valence-electron chi connectivity index (χ3n) is 3.82. The zero-order valence-electron chi connectivity index (χ0n) is 14.2. The molecule has 3 rings (SSSR count). The maximum atomic E-state index is 12.1. The van der Waals surface area contributed by atoms with Crippen molar-refractivity contribution in [2.75, 3.05) is 18.4 Å². The van der Waals surface area contributed by atoms with Gasteiger partial charge < -0.3 is 15.2 Å². The maximum absolute atomic E-state index is 12.1. The smallest absolute Gasteiger partial charge is 0.289 e. The predicted octanol–water partition coefficient (Wildman–Crippen LogP) is 3.88. The van der Waals surface area contributed by atoms with E-state index < -0.39 is 0 Å². The van der Waals surface area contributed by atoms with Gasteiger partial charge in [-0.05, 0) is 25.5 Å². The summed E-state index contributed by atoms with van der Waals surface area (Å²) in [6, 6.07) is 19.6. The Bertz CT molecular complexity index is 810. The van der Waals surface area contributed by atoms with Gasteiger partial charge in [-0.1, -0.05) is 53.2 Å². The largest absolute Gasteiger partial charge is 0.385 e. The second kappa shape index (κ2) is 8.15. The highest BCUT2D eigenvalue weighted by atomic mass is 16.5. The van der Waals surface area contributed by atoms with Gasteiger partial charge in [-0.3, -0.25) is 4.79 Å². The van der Waals surface area contributed by atoms with Crippen LogP contribution in [0.25, 0.3) is 11.3 Å². The summed E-state index contributed by atoms with van der Waals surface area (Å²) < 4.78 is 5.16. The molecule has 1 amide bonds. The van der Waals surface area contributed by atoms with Crippen molar-refractivity contribution >= 4 is 11.6 Å². The molecule has 0 saturated carbocycles. The lowest BCUT2D eigenvalue weighted by Gasteiger charge is -2.06. The van der Waals surface area contributed by atoms with Gasteiger partial charge in [-0.2, -0.15) is 0 Å². The number of para-hydroxylation sites is 1. The van der Waals surface area contributed by atoms with Crippen molar-refractivity contribution in [2.45, 2.75) is 13.3 Å². The molecule has 2 N–H and O–H groups in total. The molecule has 0 aliphatic carbocycles. The summed E-state index contributed by atoms with van der Waals surface area (Å²) in [6.07, 6.45) is 0.819. The van der Waals surface area contributed by atoms with Crippen LogP contribution in [-0.2, 0) is 0 Å². The average molecular weight is 335 g/mol. The van der Waals surface area contributed by atoms with E-state index in [0.717, 1.165) is 24.2 Å². The number of benzene rings is 2. The van der Waals surface area contributed by atoms with Gasteiger partial charge >= 0.3 is 0 Å². The number of nitrogens with zero attached hydrogens (tertiary/aromatic N) is 1. The molecule has 0 radical (unpaired) electrons. The average Bonchev–Trinajstić information content (AvgIpc) is 3.13. The van der Waals surface area contributed by atoms with Gasteiger partial charge in [0.25, 0.3) is 5.91 Å². The first-order valence-corrected chi connectivity index (χ1v) is 8.33. The highest BCUT2D eigenvalue weighted by Gasteiger charge is 2.13. The first-order chi connectivity index (χ1) is 12.2. The van der Waals surface area contributed by atoms with Crippen molar-refractivity contribution in [3.8, 4) is 11.3 Å². The van der Waals surface area contributed by atoms with Gasteiger partial charge in [0.15, 0.2) is 0 Å². The molecular weight excluding hydrogens is 314 g/mol. The zero-order valence-corrected chi connectivity index (χ0v) is 14.2. The Morgan fingerprint density at radius 2 is 1.80 bits per heavy atom. The van der Waals surface area contributed by atoms with Crippen LogP contribution in [0.5, 0.6) is 0 Å². The molecule has 0 fully saturated rings. The van der Waals surface area contributed by atoms with Crippen LogP contribution in [0, 0.1) is 6.92 Å². The fourth-order valence-corrected chi connectivity index (χ4v) is 2.41. The van der Waals surface area contributed by atoms with Gasteiger partial charge in [-0.25, -0.2) is 0 Å². The van der Waals surface area contributed by atoms with E-state index in [-0.39, 0.29) is 11.7 Å². The van der Waals surface area contributed by atoms with Crippen LogP contribution < -0.4 is 10.6 Å². The monoisotopic (exact) mass is 335 g/mol. The van der Waals surface area contributed by atoms with E-state index in [0.29, 0.717) is 12.2 Å². The molecule has 0 spiro atoms. The minimum atomic E-state index is -0.245. The van der Waals surface area contributed by atoms with Crippen molar-refractivity contribution in [1.82, 2.24) is 10.5 Å². The van der Waals surface area contributed by atoms with Crippen LogP contribution in [0.15, 0.2) is 65.2 Å². The summed E-state index contributed by atoms with van der Waals surface area (Å²) in [4.78, 5) is 12.1. The van der Waals surface area contributed by atoms with E-state index in [9.17, 15) is 4.79 Å². The summed E-state index contributed by atoms with van der Waals surface area (Å²) in [6.45, 7) is 3.38. The molecule has 1 aromatic heterocycles. The summed E-state index contributed by atoms with van der Waals surface area (Å²) in [5, 5.41) is 10.1. The van der Waals surface area contributed by atoms with E-state index in [1.165, 1.54) is 5.56 Å². The first-order valence-electron chi connectivity index (χ1n) is 8.33. The number of aryl methyl sites for hydroxylation is 1. The quantitative estimate of drug-likeness (QED) is 0.643. The summed E-state index contributed by atoms with van der Waals surface area (Å²) in [5.41, 5.74) is 3.84. The molecule has 128 valence electrons. The Morgan fingerprint density at radius 3 is 2.56 bits per heavy atom. The van der Waals surface area contributed by atoms with Crippen LogP contribution in [-0.4, -0.2) is 24.2 Å². The van der Waals surface area contributed by atoms with Gasteiger partial charge in [-0.15, -0.1) is 0 Å². The number of hydrogen-bond acceptors (Lipinski definition) is 4. The van der Waals surface area contributed by atoms with E-state index in [4.69, 9.17) is 4.52 Å². The second-order valence-corrected chi connectivity index (χ2v) is 5.84. The third-order valence-corrected chi connectivity index (χ3v) is 3.82. The number of nitrogens with one attached hydrogen (secondary N) is 2. The van der Waals surface area contributed by atoms with Crippen molar-refractivity contribution in [3.05, 3.63) is 72.0 Å². The lowest BCUT2D eigenvalue weighted by atomic mass is 10.1. The Morgan fingerprint density at radius 1 is 1.04 bits per heavy atom. The lowest BCUT2D eigenvalue weighted by molar-refractivity contribution is 0.0917. The maximum Gasteiger partial charge on any atom is 0.289 e. The van der Waals surface area contributed by atoms with E-state index in [2.05, 4.69) is 15.8 Å². The highest BCUT2D eigenvalue weighted by molar-refractivity contribution is 5.92.